The molecule has 0 aliphatic rings. The number of hydrogen-bond acceptors (Lipinski definition) is 6. The predicted octanol–water partition coefficient (Wildman–Crippen LogP) is 2.68. The maximum absolute atomic E-state index is 11.8. The van der Waals surface area contributed by atoms with E-state index in [1.807, 2.05) is 0 Å². The van der Waals surface area contributed by atoms with E-state index in [0.29, 0.717) is 12.0 Å². The molecule has 104 valence electrons. The molecular formula is C14H12O6. The molecule has 2 rings (SSSR count). The van der Waals surface area contributed by atoms with Crippen molar-refractivity contribution in [1.82, 2.24) is 0 Å². The van der Waals surface area contributed by atoms with Crippen molar-refractivity contribution in [2.24, 2.45) is 0 Å². The molecule has 0 aliphatic heterocycles. The van der Waals surface area contributed by atoms with Gasteiger partial charge in [-0.25, -0.2) is 4.79 Å². The molecule has 0 saturated heterocycles. The number of furan rings is 1. The van der Waals surface area contributed by atoms with Crippen molar-refractivity contribution >= 4 is 12.3 Å². The predicted molar refractivity (Wildman–Crippen MR) is 68.5 cm³/mol. The Morgan fingerprint density at radius 1 is 1.15 bits per heavy atom. The highest BCUT2D eigenvalue weighted by molar-refractivity contribution is 5.95. The van der Waals surface area contributed by atoms with Gasteiger partial charge in [0, 0.05) is 6.07 Å². The largest absolute Gasteiger partial charge is 0.496 e. The molecule has 2 aromatic rings. The SMILES string of the molecule is COC(=O)c1c(OC)cccc1Oc1ccc(C=O)o1. The third-order valence-electron chi connectivity index (χ3n) is 2.53. The van der Waals surface area contributed by atoms with Crippen LogP contribution >= 0.6 is 0 Å². The van der Waals surface area contributed by atoms with Crippen LogP contribution < -0.4 is 9.47 Å². The first-order valence-corrected chi connectivity index (χ1v) is 5.67. The highest BCUT2D eigenvalue weighted by Gasteiger charge is 2.20. The van der Waals surface area contributed by atoms with Crippen LogP contribution in [0.1, 0.15) is 20.9 Å². The fourth-order valence-electron chi connectivity index (χ4n) is 1.63. The van der Waals surface area contributed by atoms with Gasteiger partial charge in [-0.05, 0) is 18.2 Å². The van der Waals surface area contributed by atoms with Crippen LogP contribution in [-0.2, 0) is 4.74 Å². The minimum absolute atomic E-state index is 0.0884. The third-order valence-corrected chi connectivity index (χ3v) is 2.53. The fourth-order valence-corrected chi connectivity index (χ4v) is 1.63. The maximum Gasteiger partial charge on any atom is 0.345 e. The zero-order chi connectivity index (χ0) is 14.5. The van der Waals surface area contributed by atoms with E-state index >= 15 is 0 Å². The molecule has 20 heavy (non-hydrogen) atoms. The highest BCUT2D eigenvalue weighted by Crippen LogP contribution is 2.33. The fraction of sp³-hybridized carbons (Fsp3) is 0.143. The normalized spacial score (nSPS) is 9.90. The Labute approximate surface area is 114 Å². The lowest BCUT2D eigenvalue weighted by Gasteiger charge is -2.11. The monoisotopic (exact) mass is 276 g/mol. The van der Waals surface area contributed by atoms with Crippen LogP contribution in [0.3, 0.4) is 0 Å². The molecule has 1 heterocycles. The average molecular weight is 276 g/mol. The molecule has 6 nitrogen and oxygen atoms in total. The van der Waals surface area contributed by atoms with Gasteiger partial charge >= 0.3 is 5.97 Å². The standard InChI is InChI=1S/C14H12O6/c1-17-10-4-3-5-11(13(10)14(16)18-2)20-12-7-6-9(8-15)19-12/h3-8H,1-2H3. The summed E-state index contributed by atoms with van der Waals surface area (Å²) in [5, 5.41) is 0. The summed E-state index contributed by atoms with van der Waals surface area (Å²) in [5.74, 6) is 0.146. The lowest BCUT2D eigenvalue weighted by atomic mass is 10.2. The molecule has 0 bridgehead atoms. The van der Waals surface area contributed by atoms with Crippen molar-refractivity contribution in [2.45, 2.75) is 0 Å². The minimum atomic E-state index is -0.598. The van der Waals surface area contributed by atoms with Crippen LogP contribution in [0.2, 0.25) is 0 Å². The number of aldehydes is 1. The third kappa shape index (κ3) is 2.64. The van der Waals surface area contributed by atoms with E-state index in [9.17, 15) is 9.59 Å². The van der Waals surface area contributed by atoms with Crippen LogP contribution in [0.4, 0.5) is 0 Å². The maximum atomic E-state index is 11.8. The Hall–Kier alpha value is -2.76. The number of benzene rings is 1. The van der Waals surface area contributed by atoms with Crippen molar-refractivity contribution in [3.8, 4) is 17.4 Å². The van der Waals surface area contributed by atoms with E-state index in [1.54, 1.807) is 18.2 Å². The molecule has 0 N–H and O–H groups in total. The quantitative estimate of drug-likeness (QED) is 0.617. The Bertz CT molecular complexity index is 628. The lowest BCUT2D eigenvalue weighted by molar-refractivity contribution is 0.0593. The van der Waals surface area contributed by atoms with Gasteiger partial charge < -0.3 is 18.6 Å². The molecule has 6 heteroatoms. The number of rotatable bonds is 5. The number of carbonyl (C=O) groups excluding carboxylic acids is 2. The molecule has 0 fully saturated rings. The van der Waals surface area contributed by atoms with Crippen LogP contribution in [0.25, 0.3) is 0 Å². The Balaban J connectivity index is 2.40. The second-order valence-electron chi connectivity index (χ2n) is 3.70. The topological polar surface area (TPSA) is 75.0 Å². The van der Waals surface area contributed by atoms with Gasteiger partial charge in [-0.1, -0.05) is 6.07 Å². The molecule has 0 atom stereocenters. The molecule has 0 amide bonds. The van der Waals surface area contributed by atoms with E-state index in [4.69, 9.17) is 18.6 Å². The minimum Gasteiger partial charge on any atom is -0.496 e. The first kappa shape index (κ1) is 13.7. The van der Waals surface area contributed by atoms with E-state index in [1.165, 1.54) is 26.4 Å². The Morgan fingerprint density at radius 3 is 2.50 bits per heavy atom. The van der Waals surface area contributed by atoms with E-state index in [0.717, 1.165) is 0 Å². The van der Waals surface area contributed by atoms with Crippen molar-refractivity contribution in [1.29, 1.82) is 0 Å². The summed E-state index contributed by atoms with van der Waals surface area (Å²) in [6, 6.07) is 7.77. The summed E-state index contributed by atoms with van der Waals surface area (Å²) >= 11 is 0. The van der Waals surface area contributed by atoms with Gasteiger partial charge in [0.1, 0.15) is 17.1 Å². The van der Waals surface area contributed by atoms with Gasteiger partial charge in [0.2, 0.25) is 0 Å². The van der Waals surface area contributed by atoms with E-state index in [-0.39, 0.29) is 23.0 Å². The molecule has 0 aliphatic carbocycles. The van der Waals surface area contributed by atoms with Gasteiger partial charge in [0.05, 0.1) is 14.2 Å². The lowest BCUT2D eigenvalue weighted by Crippen LogP contribution is -2.06. The van der Waals surface area contributed by atoms with Crippen molar-refractivity contribution in [2.75, 3.05) is 14.2 Å². The first-order valence-electron chi connectivity index (χ1n) is 5.67. The first-order chi connectivity index (χ1) is 9.69. The number of ether oxygens (including phenoxy) is 3. The average Bonchev–Trinajstić information content (AvgIpc) is 2.93. The molecular weight excluding hydrogens is 264 g/mol. The van der Waals surface area contributed by atoms with Crippen molar-refractivity contribution in [3.05, 3.63) is 41.7 Å². The van der Waals surface area contributed by atoms with Gasteiger partial charge in [-0.2, -0.15) is 0 Å². The second-order valence-corrected chi connectivity index (χ2v) is 3.70. The molecule has 0 saturated carbocycles. The van der Waals surface area contributed by atoms with Crippen LogP contribution in [0.15, 0.2) is 34.7 Å². The van der Waals surface area contributed by atoms with E-state index < -0.39 is 5.97 Å². The molecule has 0 unspecified atom stereocenters. The second kappa shape index (κ2) is 5.92. The number of esters is 1. The molecule has 1 aromatic carbocycles. The summed E-state index contributed by atoms with van der Waals surface area (Å²) in [5.41, 5.74) is 0.140. The van der Waals surface area contributed by atoms with Gasteiger partial charge in [0.15, 0.2) is 12.0 Å². The van der Waals surface area contributed by atoms with Crippen molar-refractivity contribution in [3.63, 3.8) is 0 Å². The van der Waals surface area contributed by atoms with Gasteiger partial charge in [-0.15, -0.1) is 0 Å². The Morgan fingerprint density at radius 2 is 1.90 bits per heavy atom. The zero-order valence-electron chi connectivity index (χ0n) is 10.9. The summed E-state index contributed by atoms with van der Waals surface area (Å²) in [6.45, 7) is 0. The molecule has 1 aromatic heterocycles. The molecule has 0 spiro atoms. The Kier molecular flexibility index (Phi) is 4.05. The van der Waals surface area contributed by atoms with Gasteiger partial charge in [-0.3, -0.25) is 4.79 Å². The summed E-state index contributed by atoms with van der Waals surface area (Å²) in [4.78, 5) is 22.3. The van der Waals surface area contributed by atoms with Crippen LogP contribution in [0.5, 0.6) is 17.4 Å². The number of hydrogen-bond donors (Lipinski definition) is 0. The smallest absolute Gasteiger partial charge is 0.345 e. The highest BCUT2D eigenvalue weighted by atomic mass is 16.6. The number of methoxy groups -OCH3 is 2. The van der Waals surface area contributed by atoms with E-state index in [2.05, 4.69) is 0 Å². The van der Waals surface area contributed by atoms with Gasteiger partial charge in [0.25, 0.3) is 5.95 Å². The van der Waals surface area contributed by atoms with Crippen molar-refractivity contribution < 1.29 is 28.2 Å². The van der Waals surface area contributed by atoms with Crippen LogP contribution in [-0.4, -0.2) is 26.5 Å². The molecule has 0 radical (unpaired) electrons. The summed E-state index contributed by atoms with van der Waals surface area (Å²) in [7, 11) is 2.69. The van der Waals surface area contributed by atoms with Crippen LogP contribution in [0, 0.1) is 0 Å². The summed E-state index contributed by atoms with van der Waals surface area (Å²) < 4.78 is 20.3. The number of carbonyl (C=O) groups is 2. The summed E-state index contributed by atoms with van der Waals surface area (Å²) in [6.07, 6.45) is 0.555. The zero-order valence-corrected chi connectivity index (χ0v) is 10.9.